The summed E-state index contributed by atoms with van der Waals surface area (Å²) >= 11 is 0. The van der Waals surface area contributed by atoms with Gasteiger partial charge in [-0.05, 0) is 125 Å². The number of carbonyl (C=O) groups excluding carboxylic acids is 1. The molecule has 1 aromatic carbocycles. The van der Waals surface area contributed by atoms with E-state index in [-0.39, 0.29) is 11.9 Å². The normalized spacial score (nSPS) is 19.0. The number of hydrogen-bond donors (Lipinski definition) is 1. The molecule has 0 atom stereocenters. The van der Waals surface area contributed by atoms with Crippen LogP contribution in [0.1, 0.15) is 160 Å². The molecule has 3 rings (SSSR count). The molecular weight excluding hydrogens is 642 g/mol. The van der Waals surface area contributed by atoms with Gasteiger partial charge in [0.15, 0.2) is 0 Å². The van der Waals surface area contributed by atoms with Crippen LogP contribution in [0, 0.1) is 17.3 Å². The first kappa shape index (κ1) is 46.6. The molecule has 0 radical (unpaired) electrons. The molecule has 52 heavy (non-hydrogen) atoms. The number of allylic oxidation sites excluding steroid dienone is 8. The number of nitrogens with one attached hydrogen (secondary N) is 1. The average molecular weight is 716 g/mol. The molecule has 1 amide bonds. The molecule has 0 unspecified atom stereocenters. The van der Waals surface area contributed by atoms with Gasteiger partial charge in [-0.1, -0.05) is 119 Å². The molecule has 1 saturated carbocycles. The van der Waals surface area contributed by atoms with Crippen molar-refractivity contribution in [2.24, 2.45) is 22.2 Å². The van der Waals surface area contributed by atoms with Crippen molar-refractivity contribution in [1.29, 1.82) is 0 Å². The van der Waals surface area contributed by atoms with Gasteiger partial charge in [0.05, 0.1) is 16.8 Å². The molecule has 0 aromatic heterocycles. The summed E-state index contributed by atoms with van der Waals surface area (Å²) < 4.78 is 14.5. The second kappa shape index (κ2) is 21.3. The van der Waals surface area contributed by atoms with E-state index >= 15 is 0 Å². The highest BCUT2D eigenvalue weighted by Crippen LogP contribution is 2.48. The van der Waals surface area contributed by atoms with Gasteiger partial charge in [-0.2, -0.15) is 0 Å². The Bertz CT molecular complexity index is 1510. The summed E-state index contributed by atoms with van der Waals surface area (Å²) in [5, 5.41) is 3.21. The zero-order valence-corrected chi connectivity index (χ0v) is 35.8. The maximum Gasteiger partial charge on any atom is 0.237 e. The molecule has 1 heterocycles. The van der Waals surface area contributed by atoms with Crippen molar-refractivity contribution >= 4 is 23.4 Å². The van der Waals surface area contributed by atoms with Crippen molar-refractivity contribution in [3.63, 3.8) is 0 Å². The van der Waals surface area contributed by atoms with Gasteiger partial charge < -0.3 is 10.2 Å². The van der Waals surface area contributed by atoms with Crippen molar-refractivity contribution in [2.45, 2.75) is 160 Å². The van der Waals surface area contributed by atoms with Gasteiger partial charge in [0.25, 0.3) is 0 Å². The molecule has 1 aliphatic carbocycles. The monoisotopic (exact) mass is 716 g/mol. The number of halogens is 1. The first-order chi connectivity index (χ1) is 24.2. The van der Waals surface area contributed by atoms with E-state index in [4.69, 9.17) is 4.99 Å². The van der Waals surface area contributed by atoms with Crippen LogP contribution in [0.5, 0.6) is 0 Å². The predicted octanol–water partition coefficient (Wildman–Crippen LogP) is 14.0. The molecule has 0 saturated heterocycles. The number of benzene rings is 1. The highest BCUT2D eigenvalue weighted by molar-refractivity contribution is 6.08. The van der Waals surface area contributed by atoms with Crippen LogP contribution >= 0.6 is 0 Å². The highest BCUT2D eigenvalue weighted by Gasteiger charge is 2.49. The Balaban J connectivity index is 0.00000107. The SMILES string of the molecule is C=C/C(F)=C(\C=C(C)C)N/C(C)=C(C)/C(=C\C(=C)c1ccc2c(c1)N(C1CC(CCC)C1)C(=O)C2(C)C)N=CCC.CC(C)C.CCC(C)(C)CC. The average Bonchev–Trinajstić information content (AvgIpc) is 3.26. The Kier molecular flexibility index (Phi) is 19.1. The zero-order chi connectivity index (χ0) is 40.0. The number of aliphatic imine (C=N–C) groups is 1. The van der Waals surface area contributed by atoms with Crippen LogP contribution in [0.3, 0.4) is 0 Å². The fourth-order valence-corrected chi connectivity index (χ4v) is 5.88. The number of amides is 1. The second-order valence-electron chi connectivity index (χ2n) is 16.8. The lowest BCUT2D eigenvalue weighted by molar-refractivity contribution is -0.123. The smallest absolute Gasteiger partial charge is 0.237 e. The minimum Gasteiger partial charge on any atom is -0.356 e. The van der Waals surface area contributed by atoms with E-state index in [1.54, 1.807) is 6.08 Å². The molecule has 5 heteroatoms. The van der Waals surface area contributed by atoms with Gasteiger partial charge >= 0.3 is 0 Å². The van der Waals surface area contributed by atoms with Crippen molar-refractivity contribution < 1.29 is 9.18 Å². The molecule has 1 aliphatic heterocycles. The number of hydrogen-bond acceptors (Lipinski definition) is 3. The fraction of sp³-hybridized carbons (Fsp3) is 0.574. The first-order valence-electron chi connectivity index (χ1n) is 19.7. The molecule has 0 spiro atoms. The lowest BCUT2D eigenvalue weighted by Crippen LogP contribution is -2.49. The zero-order valence-electron chi connectivity index (χ0n) is 35.8. The summed E-state index contributed by atoms with van der Waals surface area (Å²) in [5.41, 5.74) is 7.60. The van der Waals surface area contributed by atoms with Crippen LogP contribution in [0.2, 0.25) is 0 Å². The van der Waals surface area contributed by atoms with Crippen LogP contribution < -0.4 is 10.2 Å². The quantitative estimate of drug-likeness (QED) is 0.154. The summed E-state index contributed by atoms with van der Waals surface area (Å²) in [6.45, 7) is 39.6. The number of nitrogens with zero attached hydrogens (tertiary/aromatic N) is 2. The second-order valence-corrected chi connectivity index (χ2v) is 16.8. The van der Waals surface area contributed by atoms with Gasteiger partial charge in [-0.3, -0.25) is 9.79 Å². The maximum atomic E-state index is 14.5. The van der Waals surface area contributed by atoms with Crippen molar-refractivity contribution in [3.05, 3.63) is 94.8 Å². The molecule has 4 nitrogen and oxygen atoms in total. The van der Waals surface area contributed by atoms with E-state index in [2.05, 4.69) is 97.0 Å². The number of anilines is 1. The molecule has 2 aliphatic rings. The number of rotatable bonds is 14. The highest BCUT2D eigenvalue weighted by atomic mass is 19.1. The third kappa shape index (κ3) is 13.5. The van der Waals surface area contributed by atoms with Crippen molar-refractivity contribution in [3.8, 4) is 0 Å². The molecule has 0 bridgehead atoms. The van der Waals surface area contributed by atoms with Gasteiger partial charge in [-0.25, -0.2) is 4.39 Å². The van der Waals surface area contributed by atoms with E-state index in [0.717, 1.165) is 70.1 Å². The van der Waals surface area contributed by atoms with E-state index in [1.807, 2.05) is 60.8 Å². The standard InChI is InChI=1S/C36H48FN3O.C7H16.C4H10/c1-11-14-27-20-29(21-27)40-34-22-28(15-16-30(34)36(9,10)35(40)41)24(6)19-32(38-17-12-2)25(7)26(8)39-33(18-23(4)5)31(37)13-3;1-5-7(3,4)6-2;1-4(2)3/h13,15-19,22,27,29,39H,3,6,11-12,14,20-21H2,1-2,4-5,7-10H3;5-6H2,1-4H3;4H,1-3H3/b26-25+,32-19+,33-31-,38-17?;;. The Morgan fingerprint density at radius 2 is 1.63 bits per heavy atom. The van der Waals surface area contributed by atoms with E-state index in [1.165, 1.54) is 31.8 Å². The van der Waals surface area contributed by atoms with Crippen molar-refractivity contribution in [2.75, 3.05) is 4.90 Å². The van der Waals surface area contributed by atoms with E-state index < -0.39 is 11.2 Å². The molecule has 290 valence electrons. The van der Waals surface area contributed by atoms with Crippen LogP contribution in [0.4, 0.5) is 10.1 Å². The van der Waals surface area contributed by atoms with E-state index in [9.17, 15) is 9.18 Å². The molecule has 1 aromatic rings. The van der Waals surface area contributed by atoms with E-state index in [0.29, 0.717) is 17.0 Å². The summed E-state index contributed by atoms with van der Waals surface area (Å²) in [6, 6.07) is 6.52. The summed E-state index contributed by atoms with van der Waals surface area (Å²) in [7, 11) is 0. The lowest BCUT2D eigenvalue weighted by atomic mass is 9.76. The van der Waals surface area contributed by atoms with Gasteiger partial charge in [0.2, 0.25) is 5.91 Å². The summed E-state index contributed by atoms with van der Waals surface area (Å²) in [6.07, 6.45) is 14.7. The fourth-order valence-electron chi connectivity index (χ4n) is 5.88. The van der Waals surface area contributed by atoms with Crippen LogP contribution in [-0.2, 0) is 10.2 Å². The third-order valence-electron chi connectivity index (χ3n) is 10.1. The minimum atomic E-state index is -0.545. The molecule has 1 fully saturated rings. The Morgan fingerprint density at radius 3 is 2.10 bits per heavy atom. The summed E-state index contributed by atoms with van der Waals surface area (Å²) in [4.78, 5) is 20.4. The predicted molar refractivity (Wildman–Crippen MR) is 228 cm³/mol. The lowest BCUT2D eigenvalue weighted by Gasteiger charge is -2.42. The van der Waals surface area contributed by atoms with Crippen LogP contribution in [0.25, 0.3) is 5.57 Å². The third-order valence-corrected chi connectivity index (χ3v) is 10.1. The maximum absolute atomic E-state index is 14.5. The van der Waals surface area contributed by atoms with Crippen LogP contribution in [-0.4, -0.2) is 18.2 Å². The Morgan fingerprint density at radius 1 is 1.06 bits per heavy atom. The minimum absolute atomic E-state index is 0.187. The van der Waals surface area contributed by atoms with Gasteiger partial charge in [0, 0.05) is 23.6 Å². The van der Waals surface area contributed by atoms with Crippen LogP contribution in [0.15, 0.2) is 88.6 Å². The Labute approximate surface area is 319 Å². The topological polar surface area (TPSA) is 44.7 Å². The molecule has 1 N–H and O–H groups in total. The largest absolute Gasteiger partial charge is 0.356 e. The first-order valence-corrected chi connectivity index (χ1v) is 19.7. The number of carbonyl (C=O) groups is 1. The van der Waals surface area contributed by atoms with Crippen molar-refractivity contribution in [1.82, 2.24) is 5.32 Å². The summed E-state index contributed by atoms with van der Waals surface area (Å²) in [5.74, 6) is 1.31. The number of fused-ring (bicyclic) bond motifs is 1. The van der Waals surface area contributed by atoms with Gasteiger partial charge in [-0.15, -0.1) is 0 Å². The van der Waals surface area contributed by atoms with Gasteiger partial charge in [0.1, 0.15) is 5.83 Å². The Hall–Kier alpha value is -3.47. The molecular formula is C47H74FN3O.